The molecule has 2 aromatic heterocycles. The Morgan fingerprint density at radius 2 is 1.97 bits per heavy atom. The van der Waals surface area contributed by atoms with E-state index in [4.69, 9.17) is 9.47 Å². The van der Waals surface area contributed by atoms with E-state index in [1.807, 2.05) is 12.3 Å². The number of ether oxygens (including phenoxy) is 2. The van der Waals surface area contributed by atoms with Crippen molar-refractivity contribution in [2.75, 3.05) is 20.2 Å². The van der Waals surface area contributed by atoms with Gasteiger partial charge < -0.3 is 19.6 Å². The normalized spacial score (nSPS) is 26.0. The molecule has 7 heteroatoms. The summed E-state index contributed by atoms with van der Waals surface area (Å²) in [5, 5.41) is 11.9. The van der Waals surface area contributed by atoms with Crippen LogP contribution in [0.25, 0.3) is 10.9 Å². The van der Waals surface area contributed by atoms with E-state index in [1.54, 1.807) is 30.5 Å². The van der Waals surface area contributed by atoms with Crippen molar-refractivity contribution < 1.29 is 19.4 Å². The number of hydrogen-bond donors (Lipinski definition) is 2. The molecule has 0 radical (unpaired) electrons. The van der Waals surface area contributed by atoms with Crippen LogP contribution in [0.15, 0.2) is 48.9 Å². The molecule has 2 aliphatic rings. The van der Waals surface area contributed by atoms with Crippen molar-refractivity contribution in [1.29, 1.82) is 0 Å². The number of methoxy groups -OCH3 is 1. The number of benzene rings is 1. The standard InChI is InChI=1S/C24H27N3O4/c1-30-24(29)15-2-4-19(5-3-15)31-23-9-17-13-27(12-16(17)8-22(23)28)14-18-10-26-21-6-7-25-11-20(18)21/h2-7,10-11,16-17,22-23,26,28H,8-9,12-14H2,1H3/t16-,17+,22+,23+/m0/s1. The first-order valence-corrected chi connectivity index (χ1v) is 10.8. The molecule has 0 bridgehead atoms. The average molecular weight is 421 g/mol. The van der Waals surface area contributed by atoms with Gasteiger partial charge in [-0.15, -0.1) is 0 Å². The summed E-state index contributed by atoms with van der Waals surface area (Å²) in [6.07, 6.45) is 6.66. The fourth-order valence-corrected chi connectivity index (χ4v) is 5.10. The van der Waals surface area contributed by atoms with E-state index >= 15 is 0 Å². The van der Waals surface area contributed by atoms with Gasteiger partial charge in [0, 0.05) is 49.1 Å². The lowest BCUT2D eigenvalue weighted by Crippen LogP contribution is -2.42. The highest BCUT2D eigenvalue weighted by molar-refractivity contribution is 5.89. The number of carbonyl (C=O) groups is 1. The number of carbonyl (C=O) groups excluding carboxylic acids is 1. The number of fused-ring (bicyclic) bond motifs is 2. The Hall–Kier alpha value is -2.90. The molecule has 162 valence electrons. The van der Waals surface area contributed by atoms with E-state index in [0.717, 1.165) is 38.0 Å². The second kappa shape index (κ2) is 8.32. The van der Waals surface area contributed by atoms with Crippen LogP contribution in [0, 0.1) is 11.8 Å². The number of nitrogens with one attached hydrogen (secondary N) is 1. The average Bonchev–Trinajstić information content (AvgIpc) is 3.37. The number of H-pyrrole nitrogens is 1. The van der Waals surface area contributed by atoms with Gasteiger partial charge in [0.05, 0.1) is 18.8 Å². The maximum absolute atomic E-state index is 11.6. The number of rotatable bonds is 5. The topological polar surface area (TPSA) is 87.7 Å². The van der Waals surface area contributed by atoms with Crippen LogP contribution in [-0.4, -0.2) is 58.4 Å². The smallest absolute Gasteiger partial charge is 0.337 e. The molecule has 2 N–H and O–H groups in total. The Morgan fingerprint density at radius 1 is 1.19 bits per heavy atom. The Bertz CT molecular complexity index is 1060. The van der Waals surface area contributed by atoms with Gasteiger partial charge >= 0.3 is 5.97 Å². The molecule has 1 aromatic carbocycles. The van der Waals surface area contributed by atoms with E-state index in [-0.39, 0.29) is 12.1 Å². The van der Waals surface area contributed by atoms with Crippen molar-refractivity contribution in [1.82, 2.24) is 14.9 Å². The lowest BCUT2D eigenvalue weighted by atomic mass is 9.78. The second-order valence-corrected chi connectivity index (χ2v) is 8.66. The van der Waals surface area contributed by atoms with Crippen LogP contribution in [0.4, 0.5) is 0 Å². The van der Waals surface area contributed by atoms with Crippen LogP contribution in [0.5, 0.6) is 5.75 Å². The molecular weight excluding hydrogens is 394 g/mol. The molecule has 5 rings (SSSR count). The van der Waals surface area contributed by atoms with E-state index in [2.05, 4.69) is 21.1 Å². The van der Waals surface area contributed by atoms with E-state index in [0.29, 0.717) is 23.1 Å². The Labute approximate surface area is 181 Å². The molecule has 7 nitrogen and oxygen atoms in total. The quantitative estimate of drug-likeness (QED) is 0.616. The predicted molar refractivity (Wildman–Crippen MR) is 116 cm³/mol. The predicted octanol–water partition coefficient (Wildman–Crippen LogP) is 3.00. The second-order valence-electron chi connectivity index (χ2n) is 8.66. The summed E-state index contributed by atoms with van der Waals surface area (Å²) < 4.78 is 10.8. The van der Waals surface area contributed by atoms with Crippen LogP contribution >= 0.6 is 0 Å². The number of aliphatic hydroxyl groups excluding tert-OH is 1. The van der Waals surface area contributed by atoms with E-state index in [1.165, 1.54) is 18.1 Å². The lowest BCUT2D eigenvalue weighted by molar-refractivity contribution is -0.0231. The zero-order valence-electron chi connectivity index (χ0n) is 17.5. The summed E-state index contributed by atoms with van der Waals surface area (Å²) in [5.41, 5.74) is 2.86. The SMILES string of the molecule is COC(=O)c1ccc(O[C@@H]2C[C@@H]3CN(Cc4c[nH]c5ccncc45)C[C@@H]3C[C@H]2O)cc1. The van der Waals surface area contributed by atoms with Crippen LogP contribution < -0.4 is 4.74 Å². The van der Waals surface area contributed by atoms with Crippen LogP contribution in [0.2, 0.25) is 0 Å². The third-order valence-electron chi connectivity index (χ3n) is 6.69. The van der Waals surface area contributed by atoms with Gasteiger partial charge in [0.1, 0.15) is 11.9 Å². The van der Waals surface area contributed by atoms with Gasteiger partial charge in [-0.2, -0.15) is 0 Å². The van der Waals surface area contributed by atoms with Gasteiger partial charge in [-0.25, -0.2) is 4.79 Å². The van der Waals surface area contributed by atoms with E-state index < -0.39 is 6.10 Å². The Morgan fingerprint density at radius 3 is 2.74 bits per heavy atom. The molecule has 0 amide bonds. The lowest BCUT2D eigenvalue weighted by Gasteiger charge is -2.35. The minimum absolute atomic E-state index is 0.234. The fraction of sp³-hybridized carbons (Fsp3) is 0.417. The first-order valence-electron chi connectivity index (χ1n) is 10.8. The number of nitrogens with zero attached hydrogens (tertiary/aromatic N) is 2. The van der Waals surface area contributed by atoms with Gasteiger partial charge in [-0.1, -0.05) is 0 Å². The van der Waals surface area contributed by atoms with Crippen molar-refractivity contribution in [3.05, 3.63) is 60.0 Å². The highest BCUT2D eigenvalue weighted by Gasteiger charge is 2.42. The zero-order chi connectivity index (χ0) is 21.4. The molecule has 3 heterocycles. The summed E-state index contributed by atoms with van der Waals surface area (Å²) in [7, 11) is 1.36. The highest BCUT2D eigenvalue weighted by atomic mass is 16.5. The molecule has 0 unspecified atom stereocenters. The molecule has 1 saturated heterocycles. The molecule has 4 atom stereocenters. The van der Waals surface area contributed by atoms with Crippen LogP contribution in [0.1, 0.15) is 28.8 Å². The van der Waals surface area contributed by atoms with Crippen molar-refractivity contribution in [3.63, 3.8) is 0 Å². The molecule has 1 aliphatic carbocycles. The number of hydrogen-bond acceptors (Lipinski definition) is 6. The summed E-state index contributed by atoms with van der Waals surface area (Å²) in [6, 6.07) is 8.89. The number of aliphatic hydroxyl groups is 1. The summed E-state index contributed by atoms with van der Waals surface area (Å²) >= 11 is 0. The minimum atomic E-state index is -0.487. The zero-order valence-corrected chi connectivity index (χ0v) is 17.5. The molecule has 1 aliphatic heterocycles. The van der Waals surface area contributed by atoms with Crippen molar-refractivity contribution in [2.45, 2.75) is 31.6 Å². The van der Waals surface area contributed by atoms with E-state index in [9.17, 15) is 9.90 Å². The van der Waals surface area contributed by atoms with Crippen molar-refractivity contribution in [2.24, 2.45) is 11.8 Å². The fourth-order valence-electron chi connectivity index (χ4n) is 5.10. The number of likely N-dealkylation sites (tertiary alicyclic amines) is 1. The Kier molecular flexibility index (Phi) is 5.38. The van der Waals surface area contributed by atoms with Gasteiger partial charge in [0.25, 0.3) is 0 Å². The van der Waals surface area contributed by atoms with Crippen molar-refractivity contribution in [3.8, 4) is 5.75 Å². The van der Waals surface area contributed by atoms with Gasteiger partial charge in [-0.05, 0) is 60.6 Å². The maximum atomic E-state index is 11.6. The van der Waals surface area contributed by atoms with Gasteiger partial charge in [0.2, 0.25) is 0 Å². The minimum Gasteiger partial charge on any atom is -0.488 e. The molecular formula is C24H27N3O4. The highest BCUT2D eigenvalue weighted by Crippen LogP contribution is 2.38. The molecule has 3 aromatic rings. The van der Waals surface area contributed by atoms with Crippen molar-refractivity contribution >= 4 is 16.9 Å². The third-order valence-corrected chi connectivity index (χ3v) is 6.69. The molecule has 1 saturated carbocycles. The number of aromatic amines is 1. The summed E-state index contributed by atoms with van der Waals surface area (Å²) in [4.78, 5) is 21.7. The first kappa shape index (κ1) is 20.0. The number of pyridine rings is 1. The van der Waals surface area contributed by atoms with Gasteiger partial charge in [0.15, 0.2) is 0 Å². The third kappa shape index (κ3) is 4.03. The largest absolute Gasteiger partial charge is 0.488 e. The summed E-state index contributed by atoms with van der Waals surface area (Å²) in [5.74, 6) is 1.28. The van der Waals surface area contributed by atoms with Gasteiger partial charge in [-0.3, -0.25) is 9.88 Å². The Balaban J connectivity index is 1.22. The molecule has 2 fully saturated rings. The summed E-state index contributed by atoms with van der Waals surface area (Å²) in [6.45, 7) is 2.88. The molecule has 31 heavy (non-hydrogen) atoms. The maximum Gasteiger partial charge on any atom is 0.337 e. The number of esters is 1. The van der Waals surface area contributed by atoms with Crippen LogP contribution in [-0.2, 0) is 11.3 Å². The number of aromatic nitrogens is 2. The monoisotopic (exact) mass is 421 g/mol. The van der Waals surface area contributed by atoms with Crippen LogP contribution in [0.3, 0.4) is 0 Å². The first-order chi connectivity index (χ1) is 15.1. The molecule has 0 spiro atoms.